The van der Waals surface area contributed by atoms with E-state index in [9.17, 15) is 19.5 Å². The summed E-state index contributed by atoms with van der Waals surface area (Å²) in [4.78, 5) is 34.5. The van der Waals surface area contributed by atoms with Gasteiger partial charge >= 0.3 is 11.9 Å². The van der Waals surface area contributed by atoms with Crippen molar-refractivity contribution in [2.75, 3.05) is 5.88 Å². The molecule has 0 aromatic heterocycles. The summed E-state index contributed by atoms with van der Waals surface area (Å²) in [6.45, 7) is 8.94. The first-order valence-corrected chi connectivity index (χ1v) is 13.8. The number of nitrogens with two attached hydrogens (primary N) is 1. The van der Waals surface area contributed by atoms with Crippen LogP contribution in [-0.4, -0.2) is 82.1 Å². The number of nitrogens with one attached hydrogen (secondary N) is 1. The molecule has 39 heavy (non-hydrogen) atoms. The molecule has 0 radical (unpaired) electrons. The van der Waals surface area contributed by atoms with Gasteiger partial charge in [0.05, 0.1) is 54.4 Å². The molecule has 2 aliphatic rings. The molecule has 0 aromatic carbocycles. The maximum Gasteiger partial charge on any atom is 0.305 e. The first-order valence-electron chi connectivity index (χ1n) is 13.3. The van der Waals surface area contributed by atoms with Gasteiger partial charge in [-0.15, -0.1) is 11.6 Å². The Kier molecular flexibility index (Phi) is 12.6. The molecule has 2 heterocycles. The van der Waals surface area contributed by atoms with Gasteiger partial charge in [0.1, 0.15) is 6.10 Å². The highest BCUT2D eigenvalue weighted by Gasteiger charge is 2.46. The summed E-state index contributed by atoms with van der Waals surface area (Å²) in [6, 6.07) is -0.940. The van der Waals surface area contributed by atoms with Crippen LogP contribution < -0.4 is 11.1 Å². The number of carbonyl (C=O) groups excluding carboxylic acids is 2. The predicted molar refractivity (Wildman–Crippen MR) is 147 cm³/mol. The zero-order chi connectivity index (χ0) is 29.3. The fourth-order valence-electron chi connectivity index (χ4n) is 4.90. The highest BCUT2D eigenvalue weighted by molar-refractivity contribution is 6.18. The molecule has 2 aliphatic heterocycles. The highest BCUT2D eigenvalue weighted by Crippen LogP contribution is 2.32. The number of aliphatic hydroxyl groups is 1. The number of halogens is 1. The molecule has 10 nitrogen and oxygen atoms in total. The Morgan fingerprint density at radius 2 is 1.92 bits per heavy atom. The number of carboxylic acids is 1. The lowest BCUT2D eigenvalue weighted by atomic mass is 9.83. The average molecular weight is 571 g/mol. The standard InChI is InChI=1S/C28H43ClN2O8/c1-16(7-10-24-27(30)28(36,15-29)14-21(39-24)13-26(34)35)6-9-23-17(2)12-22(19(4)38-23)31-25(33)11-8-18(3)37-20(5)32/h6-8,10-11,17-19,21-24,27,36H,9,12-15,30H2,1-5H3,(H,31,33)(H,34,35)/b10-7+,11-8-,16-6+/t17-,18-,19+,21+,22+,23-,24+,27+,28+/m0/s1. The van der Waals surface area contributed by atoms with E-state index >= 15 is 0 Å². The topological polar surface area (TPSA) is 157 Å². The Hall–Kier alpha value is -2.24. The first kappa shape index (κ1) is 33.0. The Morgan fingerprint density at radius 1 is 1.23 bits per heavy atom. The number of carbonyl (C=O) groups is 3. The Balaban J connectivity index is 1.93. The van der Waals surface area contributed by atoms with E-state index in [1.165, 1.54) is 19.1 Å². The minimum absolute atomic E-state index is 0.0366. The molecular weight excluding hydrogens is 528 g/mol. The van der Waals surface area contributed by atoms with E-state index in [2.05, 4.69) is 12.2 Å². The number of amides is 1. The van der Waals surface area contributed by atoms with E-state index in [1.54, 1.807) is 13.0 Å². The van der Waals surface area contributed by atoms with Crippen molar-refractivity contribution in [2.24, 2.45) is 11.7 Å². The summed E-state index contributed by atoms with van der Waals surface area (Å²) in [5, 5.41) is 22.9. The van der Waals surface area contributed by atoms with Gasteiger partial charge < -0.3 is 35.5 Å². The second-order valence-electron chi connectivity index (χ2n) is 10.7. The zero-order valence-electron chi connectivity index (χ0n) is 23.3. The van der Waals surface area contributed by atoms with Crippen LogP contribution in [0.3, 0.4) is 0 Å². The molecule has 2 fully saturated rings. The number of carboxylic acid groups (broad SMARTS) is 1. The monoisotopic (exact) mass is 570 g/mol. The smallest absolute Gasteiger partial charge is 0.305 e. The third kappa shape index (κ3) is 10.3. The van der Waals surface area contributed by atoms with E-state index in [-0.39, 0.29) is 48.8 Å². The molecule has 0 unspecified atom stereocenters. The van der Waals surface area contributed by atoms with Gasteiger partial charge in [0.25, 0.3) is 0 Å². The molecule has 0 saturated carbocycles. The van der Waals surface area contributed by atoms with Crippen LogP contribution in [0, 0.1) is 5.92 Å². The minimum atomic E-state index is -1.42. The van der Waals surface area contributed by atoms with Crippen LogP contribution in [0.4, 0.5) is 0 Å². The van der Waals surface area contributed by atoms with E-state index in [4.69, 9.17) is 36.7 Å². The van der Waals surface area contributed by atoms with Crippen LogP contribution >= 0.6 is 11.6 Å². The number of hydrogen-bond acceptors (Lipinski definition) is 8. The van der Waals surface area contributed by atoms with Gasteiger partial charge in [0.15, 0.2) is 0 Å². The molecule has 5 N–H and O–H groups in total. The minimum Gasteiger partial charge on any atom is -0.481 e. The lowest BCUT2D eigenvalue weighted by Crippen LogP contribution is -2.62. The van der Waals surface area contributed by atoms with Crippen molar-refractivity contribution in [2.45, 2.75) is 109 Å². The zero-order valence-corrected chi connectivity index (χ0v) is 24.1. The summed E-state index contributed by atoms with van der Waals surface area (Å²) in [5.74, 6) is -1.62. The van der Waals surface area contributed by atoms with Gasteiger partial charge in [-0.25, -0.2) is 0 Å². The van der Waals surface area contributed by atoms with Crippen molar-refractivity contribution in [1.82, 2.24) is 5.32 Å². The number of aliphatic carboxylic acids is 1. The van der Waals surface area contributed by atoms with E-state index in [0.29, 0.717) is 6.42 Å². The molecule has 0 aromatic rings. The Bertz CT molecular complexity index is 954. The third-order valence-electron chi connectivity index (χ3n) is 7.17. The van der Waals surface area contributed by atoms with Crippen LogP contribution in [0.2, 0.25) is 0 Å². The van der Waals surface area contributed by atoms with Crippen LogP contribution in [0.25, 0.3) is 0 Å². The summed E-state index contributed by atoms with van der Waals surface area (Å²) >= 11 is 5.96. The number of alkyl halides is 1. The fourth-order valence-corrected chi connectivity index (χ4v) is 5.19. The number of rotatable bonds is 11. The van der Waals surface area contributed by atoms with Crippen molar-refractivity contribution >= 4 is 29.4 Å². The number of ether oxygens (including phenoxy) is 3. The van der Waals surface area contributed by atoms with Crippen molar-refractivity contribution in [1.29, 1.82) is 0 Å². The molecule has 0 spiro atoms. The summed E-state index contributed by atoms with van der Waals surface area (Å²) in [6.07, 6.45) is 7.65. The molecule has 2 rings (SSSR count). The van der Waals surface area contributed by atoms with Gasteiger partial charge in [-0.05, 0) is 45.6 Å². The third-order valence-corrected chi connectivity index (χ3v) is 7.64. The molecule has 11 heteroatoms. The summed E-state index contributed by atoms with van der Waals surface area (Å²) in [7, 11) is 0. The second-order valence-corrected chi connectivity index (χ2v) is 11.0. The van der Waals surface area contributed by atoms with Crippen molar-refractivity contribution in [3.05, 3.63) is 36.0 Å². The number of allylic oxidation sites excluding steroid dienone is 2. The largest absolute Gasteiger partial charge is 0.481 e. The molecular formula is C28H43ClN2O8. The van der Waals surface area contributed by atoms with Crippen LogP contribution in [0.15, 0.2) is 36.0 Å². The molecule has 1 amide bonds. The number of hydrogen-bond donors (Lipinski definition) is 4. The summed E-state index contributed by atoms with van der Waals surface area (Å²) < 4.78 is 17.1. The van der Waals surface area contributed by atoms with Gasteiger partial charge in [-0.3, -0.25) is 14.4 Å². The van der Waals surface area contributed by atoms with Gasteiger partial charge in [-0.2, -0.15) is 0 Å². The highest BCUT2D eigenvalue weighted by atomic mass is 35.5. The maximum absolute atomic E-state index is 12.3. The molecule has 0 aliphatic carbocycles. The average Bonchev–Trinajstić information content (AvgIpc) is 2.84. The second kappa shape index (κ2) is 14.9. The Labute approximate surface area is 235 Å². The van der Waals surface area contributed by atoms with Gasteiger partial charge in [0.2, 0.25) is 5.91 Å². The molecule has 220 valence electrons. The van der Waals surface area contributed by atoms with Crippen LogP contribution in [0.1, 0.15) is 60.3 Å². The number of esters is 1. The van der Waals surface area contributed by atoms with E-state index in [0.717, 1.165) is 12.0 Å². The predicted octanol–water partition coefficient (Wildman–Crippen LogP) is 2.61. The molecule has 0 bridgehead atoms. The summed E-state index contributed by atoms with van der Waals surface area (Å²) in [5.41, 5.74) is 5.74. The van der Waals surface area contributed by atoms with Gasteiger partial charge in [0, 0.05) is 19.4 Å². The fraction of sp³-hybridized carbons (Fsp3) is 0.679. The maximum atomic E-state index is 12.3. The lowest BCUT2D eigenvalue weighted by molar-refractivity contribution is -0.155. The van der Waals surface area contributed by atoms with Crippen molar-refractivity contribution in [3.63, 3.8) is 0 Å². The molecule has 2 saturated heterocycles. The SMILES string of the molecule is CC(=O)O[C@@H](C)/C=C\C(=O)N[C@@H]1C[C@H](C)[C@H](C/C=C(C)/C=C/[C@H]2O[C@H](CC(=O)O)C[C@@](O)(CCl)[C@@H]2N)O[C@@H]1C. The van der Waals surface area contributed by atoms with Crippen LogP contribution in [-0.2, 0) is 28.6 Å². The Morgan fingerprint density at radius 3 is 2.54 bits per heavy atom. The molecule has 9 atom stereocenters. The van der Waals surface area contributed by atoms with E-state index < -0.39 is 41.9 Å². The van der Waals surface area contributed by atoms with E-state index in [1.807, 2.05) is 26.0 Å². The first-order chi connectivity index (χ1) is 18.2. The quantitative estimate of drug-likeness (QED) is 0.127. The van der Waals surface area contributed by atoms with Crippen LogP contribution in [0.5, 0.6) is 0 Å². The van der Waals surface area contributed by atoms with Crippen molar-refractivity contribution in [3.8, 4) is 0 Å². The normalized spacial score (nSPS) is 34.7. The van der Waals surface area contributed by atoms with Gasteiger partial charge in [-0.1, -0.05) is 30.7 Å². The van der Waals surface area contributed by atoms with Crippen molar-refractivity contribution < 1.29 is 38.8 Å². The lowest BCUT2D eigenvalue weighted by Gasteiger charge is -2.44.